The Labute approximate surface area is 142 Å². The summed E-state index contributed by atoms with van der Waals surface area (Å²) in [5.41, 5.74) is 1.39. The molecule has 1 N–H and O–H groups in total. The van der Waals surface area contributed by atoms with Gasteiger partial charge in [0.15, 0.2) is 0 Å². The average Bonchev–Trinajstić information content (AvgIpc) is 2.96. The first-order chi connectivity index (χ1) is 11.1. The van der Waals surface area contributed by atoms with Gasteiger partial charge in [0.25, 0.3) is 0 Å². The maximum absolute atomic E-state index is 12.1. The van der Waals surface area contributed by atoms with Crippen molar-refractivity contribution in [3.05, 3.63) is 35.2 Å². The maximum atomic E-state index is 12.1. The number of rotatable bonds is 4. The Morgan fingerprint density at radius 2 is 2.17 bits per heavy atom. The SMILES string of the molecule is CC(C)C(=O)N1CC[C@@H](NCc2csc3ccccc23)[C@H](C)C1. The molecule has 1 fully saturated rings. The van der Waals surface area contributed by atoms with E-state index in [-0.39, 0.29) is 5.92 Å². The molecule has 1 amide bonds. The molecule has 1 aliphatic heterocycles. The predicted octanol–water partition coefficient (Wildman–Crippen LogP) is 3.88. The Morgan fingerprint density at radius 3 is 2.91 bits per heavy atom. The van der Waals surface area contributed by atoms with Crippen molar-refractivity contribution >= 4 is 27.3 Å². The first kappa shape index (κ1) is 16.5. The molecular formula is C19H26N2OS. The van der Waals surface area contributed by atoms with Crippen LogP contribution in [0.15, 0.2) is 29.6 Å². The maximum Gasteiger partial charge on any atom is 0.225 e. The molecule has 4 heteroatoms. The number of fused-ring (bicyclic) bond motifs is 1. The third kappa shape index (κ3) is 3.59. The number of carbonyl (C=O) groups excluding carboxylic acids is 1. The summed E-state index contributed by atoms with van der Waals surface area (Å²) in [5, 5.41) is 7.35. The van der Waals surface area contributed by atoms with Crippen molar-refractivity contribution in [3.63, 3.8) is 0 Å². The molecule has 2 atom stereocenters. The zero-order valence-electron chi connectivity index (χ0n) is 14.2. The zero-order chi connectivity index (χ0) is 16.4. The van der Waals surface area contributed by atoms with Gasteiger partial charge in [-0.1, -0.05) is 39.0 Å². The second kappa shape index (κ2) is 7.02. The van der Waals surface area contributed by atoms with Crippen LogP contribution in [0.2, 0.25) is 0 Å². The lowest BCUT2D eigenvalue weighted by atomic mass is 9.93. The van der Waals surface area contributed by atoms with Crippen LogP contribution in [0.25, 0.3) is 10.1 Å². The van der Waals surface area contributed by atoms with E-state index in [1.165, 1.54) is 15.6 Å². The lowest BCUT2D eigenvalue weighted by Gasteiger charge is -2.38. The van der Waals surface area contributed by atoms with Crippen LogP contribution in [0.5, 0.6) is 0 Å². The number of hydrogen-bond acceptors (Lipinski definition) is 3. The van der Waals surface area contributed by atoms with Gasteiger partial charge in [0.1, 0.15) is 0 Å². The average molecular weight is 330 g/mol. The second-order valence-electron chi connectivity index (χ2n) is 6.95. The van der Waals surface area contributed by atoms with Crippen LogP contribution in [0.4, 0.5) is 0 Å². The van der Waals surface area contributed by atoms with E-state index in [0.717, 1.165) is 26.1 Å². The van der Waals surface area contributed by atoms with Gasteiger partial charge in [-0.3, -0.25) is 4.79 Å². The number of nitrogens with zero attached hydrogens (tertiary/aromatic N) is 1. The molecule has 3 nitrogen and oxygen atoms in total. The first-order valence-electron chi connectivity index (χ1n) is 8.53. The molecule has 0 aliphatic carbocycles. The summed E-state index contributed by atoms with van der Waals surface area (Å²) in [5.74, 6) is 0.888. The quantitative estimate of drug-likeness (QED) is 0.922. The van der Waals surface area contributed by atoms with E-state index in [4.69, 9.17) is 0 Å². The predicted molar refractivity (Wildman–Crippen MR) is 97.7 cm³/mol. The molecule has 1 aromatic carbocycles. The standard InChI is InChI=1S/C19H26N2OS/c1-13(2)19(22)21-9-8-17(14(3)11-21)20-10-15-12-23-18-7-5-4-6-16(15)18/h4-7,12-14,17,20H,8-11H2,1-3H3/t14-,17-/m1/s1. The van der Waals surface area contributed by atoms with E-state index in [1.807, 2.05) is 30.1 Å². The summed E-state index contributed by atoms with van der Waals surface area (Å²) in [7, 11) is 0. The van der Waals surface area contributed by atoms with Crippen molar-refractivity contribution in [1.29, 1.82) is 0 Å². The summed E-state index contributed by atoms with van der Waals surface area (Å²) >= 11 is 1.82. The largest absolute Gasteiger partial charge is 0.342 e. The molecule has 0 unspecified atom stereocenters. The minimum Gasteiger partial charge on any atom is -0.342 e. The van der Waals surface area contributed by atoms with Crippen LogP contribution in [0, 0.1) is 11.8 Å². The van der Waals surface area contributed by atoms with Crippen LogP contribution < -0.4 is 5.32 Å². The number of thiophene rings is 1. The molecule has 1 aliphatic rings. The van der Waals surface area contributed by atoms with Crippen LogP contribution >= 0.6 is 11.3 Å². The zero-order valence-corrected chi connectivity index (χ0v) is 15.0. The Bertz CT molecular complexity index is 679. The molecule has 0 radical (unpaired) electrons. The van der Waals surface area contributed by atoms with Gasteiger partial charge in [0.05, 0.1) is 0 Å². The lowest BCUT2D eigenvalue weighted by Crippen LogP contribution is -2.50. The van der Waals surface area contributed by atoms with Crippen molar-refractivity contribution < 1.29 is 4.79 Å². The minimum atomic E-state index is 0.101. The highest BCUT2D eigenvalue weighted by Gasteiger charge is 2.29. The van der Waals surface area contributed by atoms with Crippen molar-refractivity contribution in [1.82, 2.24) is 10.2 Å². The van der Waals surface area contributed by atoms with Gasteiger partial charge in [-0.2, -0.15) is 0 Å². The van der Waals surface area contributed by atoms with Gasteiger partial charge in [-0.15, -0.1) is 11.3 Å². The third-order valence-corrected chi connectivity index (χ3v) is 5.84. The van der Waals surface area contributed by atoms with E-state index in [9.17, 15) is 4.79 Å². The molecule has 2 aromatic rings. The Balaban J connectivity index is 1.58. The van der Waals surface area contributed by atoms with Crippen LogP contribution in [0.3, 0.4) is 0 Å². The van der Waals surface area contributed by atoms with Crippen molar-refractivity contribution in [2.75, 3.05) is 13.1 Å². The van der Waals surface area contributed by atoms with E-state index in [1.54, 1.807) is 0 Å². The van der Waals surface area contributed by atoms with Gasteiger partial charge in [0, 0.05) is 36.3 Å². The summed E-state index contributed by atoms with van der Waals surface area (Å²) in [6.45, 7) is 8.89. The van der Waals surface area contributed by atoms with Crippen LogP contribution in [-0.2, 0) is 11.3 Å². The topological polar surface area (TPSA) is 32.3 Å². The van der Waals surface area contributed by atoms with E-state index >= 15 is 0 Å². The number of piperidine rings is 1. The highest BCUT2D eigenvalue weighted by atomic mass is 32.1. The number of amides is 1. The van der Waals surface area contributed by atoms with Gasteiger partial charge in [-0.25, -0.2) is 0 Å². The smallest absolute Gasteiger partial charge is 0.225 e. The Morgan fingerprint density at radius 1 is 1.39 bits per heavy atom. The fourth-order valence-electron chi connectivity index (χ4n) is 3.42. The number of benzene rings is 1. The summed E-state index contributed by atoms with van der Waals surface area (Å²) in [6.07, 6.45) is 1.04. The molecule has 23 heavy (non-hydrogen) atoms. The molecule has 0 bridgehead atoms. The number of likely N-dealkylation sites (tertiary alicyclic amines) is 1. The van der Waals surface area contributed by atoms with Crippen molar-refractivity contribution in [2.45, 2.75) is 39.8 Å². The number of hydrogen-bond donors (Lipinski definition) is 1. The molecule has 1 aromatic heterocycles. The Kier molecular flexibility index (Phi) is 5.02. The van der Waals surface area contributed by atoms with Crippen LogP contribution in [-0.4, -0.2) is 29.9 Å². The lowest BCUT2D eigenvalue weighted by molar-refractivity contribution is -0.136. The van der Waals surface area contributed by atoms with E-state index in [0.29, 0.717) is 17.9 Å². The summed E-state index contributed by atoms with van der Waals surface area (Å²) in [4.78, 5) is 14.2. The van der Waals surface area contributed by atoms with E-state index in [2.05, 4.69) is 41.9 Å². The Hall–Kier alpha value is -1.39. The van der Waals surface area contributed by atoms with Gasteiger partial charge in [-0.05, 0) is 34.7 Å². The first-order valence-corrected chi connectivity index (χ1v) is 9.41. The molecule has 1 saturated heterocycles. The van der Waals surface area contributed by atoms with Crippen molar-refractivity contribution in [2.24, 2.45) is 11.8 Å². The molecule has 124 valence electrons. The second-order valence-corrected chi connectivity index (χ2v) is 7.86. The molecule has 2 heterocycles. The minimum absolute atomic E-state index is 0.101. The van der Waals surface area contributed by atoms with Gasteiger partial charge in [0.2, 0.25) is 5.91 Å². The fraction of sp³-hybridized carbons (Fsp3) is 0.526. The van der Waals surface area contributed by atoms with E-state index < -0.39 is 0 Å². The normalized spacial score (nSPS) is 22.0. The third-order valence-electron chi connectivity index (χ3n) is 4.83. The summed E-state index contributed by atoms with van der Waals surface area (Å²) in [6, 6.07) is 9.08. The van der Waals surface area contributed by atoms with Crippen LogP contribution in [0.1, 0.15) is 32.8 Å². The van der Waals surface area contributed by atoms with Gasteiger partial charge >= 0.3 is 0 Å². The monoisotopic (exact) mass is 330 g/mol. The molecule has 0 saturated carbocycles. The molecular weight excluding hydrogens is 304 g/mol. The molecule has 3 rings (SSSR count). The fourth-order valence-corrected chi connectivity index (χ4v) is 4.39. The highest BCUT2D eigenvalue weighted by molar-refractivity contribution is 7.17. The molecule has 0 spiro atoms. The highest BCUT2D eigenvalue weighted by Crippen LogP contribution is 2.26. The van der Waals surface area contributed by atoms with Crippen molar-refractivity contribution in [3.8, 4) is 0 Å². The number of nitrogens with one attached hydrogen (secondary N) is 1. The van der Waals surface area contributed by atoms with Gasteiger partial charge < -0.3 is 10.2 Å². The number of carbonyl (C=O) groups is 1. The summed E-state index contributed by atoms with van der Waals surface area (Å²) < 4.78 is 1.36.